The Morgan fingerprint density at radius 1 is 0.800 bits per heavy atom. The van der Waals surface area contributed by atoms with Gasteiger partial charge in [-0.3, -0.25) is 4.98 Å². The number of aromatic nitrogens is 2. The number of rotatable bonds is 6. The molecule has 7 heteroatoms. The Hall–Kier alpha value is -4.91. The SMILES string of the molecule is O=C(O)c1ccc(Cn2ccc3c(-c4c(Cc5ccccc5)cnc5c(C(F)(F)F)cccc45)cccc32)cc1. The molecule has 4 aromatic carbocycles. The molecule has 6 rings (SSSR count). The largest absolute Gasteiger partial charge is 0.478 e. The van der Waals surface area contributed by atoms with Gasteiger partial charge in [0.1, 0.15) is 0 Å². The summed E-state index contributed by atoms with van der Waals surface area (Å²) in [7, 11) is 0. The smallest absolute Gasteiger partial charge is 0.418 e. The molecule has 1 N–H and O–H groups in total. The van der Waals surface area contributed by atoms with Crippen LogP contribution >= 0.6 is 0 Å². The number of benzene rings is 4. The van der Waals surface area contributed by atoms with Crippen LogP contribution in [0, 0.1) is 0 Å². The number of nitrogens with zero attached hydrogens (tertiary/aromatic N) is 2. The van der Waals surface area contributed by atoms with Gasteiger partial charge in [-0.15, -0.1) is 0 Å². The molecule has 40 heavy (non-hydrogen) atoms. The van der Waals surface area contributed by atoms with Crippen LogP contribution in [0.5, 0.6) is 0 Å². The van der Waals surface area contributed by atoms with E-state index in [2.05, 4.69) is 9.55 Å². The summed E-state index contributed by atoms with van der Waals surface area (Å²) >= 11 is 0. The van der Waals surface area contributed by atoms with Crippen molar-refractivity contribution < 1.29 is 23.1 Å². The van der Waals surface area contributed by atoms with E-state index in [0.717, 1.165) is 44.8 Å². The van der Waals surface area contributed by atoms with Crippen LogP contribution in [0.1, 0.15) is 32.6 Å². The molecule has 0 aliphatic heterocycles. The molecule has 0 unspecified atom stereocenters. The third-order valence-electron chi connectivity index (χ3n) is 7.16. The van der Waals surface area contributed by atoms with Crippen molar-refractivity contribution in [3.63, 3.8) is 0 Å². The van der Waals surface area contributed by atoms with Crippen molar-refractivity contribution in [1.29, 1.82) is 0 Å². The molecule has 6 aromatic rings. The highest BCUT2D eigenvalue weighted by Gasteiger charge is 2.33. The second-order valence-corrected chi connectivity index (χ2v) is 9.70. The lowest BCUT2D eigenvalue weighted by Gasteiger charge is -2.17. The lowest BCUT2D eigenvalue weighted by molar-refractivity contribution is -0.136. The molecule has 0 amide bonds. The molecule has 2 aromatic heterocycles. The number of carboxylic acid groups (broad SMARTS) is 1. The molecular formula is C33H23F3N2O2. The van der Waals surface area contributed by atoms with Crippen LogP contribution in [-0.2, 0) is 19.1 Å². The Morgan fingerprint density at radius 3 is 2.27 bits per heavy atom. The van der Waals surface area contributed by atoms with Crippen molar-refractivity contribution in [3.8, 4) is 11.1 Å². The van der Waals surface area contributed by atoms with E-state index in [1.807, 2.05) is 60.8 Å². The number of aromatic carboxylic acids is 1. The Balaban J connectivity index is 1.52. The third kappa shape index (κ3) is 4.71. The quantitative estimate of drug-likeness (QED) is 0.233. The van der Waals surface area contributed by atoms with E-state index >= 15 is 0 Å². The normalized spacial score (nSPS) is 11.8. The molecule has 0 bridgehead atoms. The van der Waals surface area contributed by atoms with Crippen molar-refractivity contribution in [2.45, 2.75) is 19.1 Å². The maximum Gasteiger partial charge on any atom is 0.418 e. The van der Waals surface area contributed by atoms with Crippen LogP contribution in [0.25, 0.3) is 32.9 Å². The minimum absolute atomic E-state index is 0.0724. The number of alkyl halides is 3. The number of fused-ring (bicyclic) bond motifs is 2. The highest BCUT2D eigenvalue weighted by atomic mass is 19.4. The van der Waals surface area contributed by atoms with Crippen molar-refractivity contribution in [3.05, 3.63) is 137 Å². The molecule has 0 fully saturated rings. The van der Waals surface area contributed by atoms with Crippen LogP contribution in [0.2, 0.25) is 0 Å². The van der Waals surface area contributed by atoms with Gasteiger partial charge in [-0.05, 0) is 64.6 Å². The van der Waals surface area contributed by atoms with E-state index in [0.29, 0.717) is 18.4 Å². The van der Waals surface area contributed by atoms with E-state index in [1.165, 1.54) is 6.07 Å². The molecule has 0 aliphatic carbocycles. The molecule has 198 valence electrons. The number of hydrogen-bond donors (Lipinski definition) is 1. The van der Waals surface area contributed by atoms with Crippen LogP contribution in [-0.4, -0.2) is 20.6 Å². The standard InChI is InChI=1S/C33H23F3N2O2/c34-33(35,36)28-10-4-9-27-30(24(19-37-31(27)28)18-21-6-2-1-3-7-21)26-8-5-11-29-25(26)16-17-38(29)20-22-12-14-23(15-13-22)32(39)40/h1-17,19H,18,20H2,(H,39,40). The zero-order valence-corrected chi connectivity index (χ0v) is 21.2. The van der Waals surface area contributed by atoms with E-state index in [-0.39, 0.29) is 11.1 Å². The van der Waals surface area contributed by atoms with E-state index in [1.54, 1.807) is 36.5 Å². The zero-order valence-electron chi connectivity index (χ0n) is 21.2. The van der Waals surface area contributed by atoms with Crippen LogP contribution in [0.4, 0.5) is 13.2 Å². The number of halogens is 3. The summed E-state index contributed by atoms with van der Waals surface area (Å²) in [5.74, 6) is -0.979. The average Bonchev–Trinajstić information content (AvgIpc) is 3.36. The van der Waals surface area contributed by atoms with Crippen LogP contribution in [0.3, 0.4) is 0 Å². The summed E-state index contributed by atoms with van der Waals surface area (Å²) in [6.07, 6.45) is -0.501. The molecule has 0 saturated heterocycles. The first-order valence-electron chi connectivity index (χ1n) is 12.7. The monoisotopic (exact) mass is 536 g/mol. The molecule has 0 aliphatic rings. The van der Waals surface area contributed by atoms with Gasteiger partial charge in [0.2, 0.25) is 0 Å². The predicted molar refractivity (Wildman–Crippen MR) is 149 cm³/mol. The maximum absolute atomic E-state index is 14.0. The van der Waals surface area contributed by atoms with Crippen LogP contribution in [0.15, 0.2) is 109 Å². The summed E-state index contributed by atoms with van der Waals surface area (Å²) in [6.45, 7) is 0.513. The van der Waals surface area contributed by atoms with Gasteiger partial charge >= 0.3 is 12.1 Å². The van der Waals surface area contributed by atoms with Crippen molar-refractivity contribution in [2.24, 2.45) is 0 Å². The fraction of sp³-hybridized carbons (Fsp3) is 0.0909. The van der Waals surface area contributed by atoms with Crippen molar-refractivity contribution >= 4 is 27.8 Å². The van der Waals surface area contributed by atoms with Gasteiger partial charge in [0.25, 0.3) is 0 Å². The summed E-state index contributed by atoms with van der Waals surface area (Å²) in [4.78, 5) is 15.5. The van der Waals surface area contributed by atoms with Gasteiger partial charge in [-0.25, -0.2) is 4.79 Å². The van der Waals surface area contributed by atoms with Crippen LogP contribution < -0.4 is 0 Å². The lowest BCUT2D eigenvalue weighted by Crippen LogP contribution is -2.07. The number of carboxylic acids is 1. The minimum Gasteiger partial charge on any atom is -0.478 e. The summed E-state index contributed by atoms with van der Waals surface area (Å²) in [5.41, 5.74) is 4.67. The predicted octanol–water partition coefficient (Wildman–Crippen LogP) is 8.21. The molecular weight excluding hydrogens is 513 g/mol. The third-order valence-corrected chi connectivity index (χ3v) is 7.16. The minimum atomic E-state index is -4.53. The van der Waals surface area contributed by atoms with Crippen molar-refractivity contribution in [2.75, 3.05) is 0 Å². The van der Waals surface area contributed by atoms with E-state index in [9.17, 15) is 23.1 Å². The molecule has 2 heterocycles. The van der Waals surface area contributed by atoms with E-state index in [4.69, 9.17) is 0 Å². The molecule has 0 radical (unpaired) electrons. The number of carbonyl (C=O) groups is 1. The first-order valence-corrected chi connectivity index (χ1v) is 12.7. The Bertz CT molecular complexity index is 1860. The van der Waals surface area contributed by atoms with Gasteiger partial charge < -0.3 is 9.67 Å². The molecule has 0 saturated carbocycles. The topological polar surface area (TPSA) is 55.1 Å². The zero-order chi connectivity index (χ0) is 27.9. The number of para-hydroxylation sites is 1. The number of pyridine rings is 1. The Labute approximate surface area is 228 Å². The van der Waals surface area contributed by atoms with Gasteiger partial charge in [-0.1, -0.05) is 66.7 Å². The second-order valence-electron chi connectivity index (χ2n) is 9.70. The lowest BCUT2D eigenvalue weighted by atomic mass is 9.90. The second kappa shape index (κ2) is 10.0. The van der Waals surface area contributed by atoms with Gasteiger partial charge in [0, 0.05) is 35.2 Å². The number of hydrogen-bond acceptors (Lipinski definition) is 2. The highest BCUT2D eigenvalue weighted by molar-refractivity contribution is 6.06. The summed E-state index contributed by atoms with van der Waals surface area (Å²) < 4.78 is 43.9. The first kappa shape index (κ1) is 25.4. The maximum atomic E-state index is 14.0. The molecule has 0 atom stereocenters. The summed E-state index contributed by atoms with van der Waals surface area (Å²) in [5, 5.41) is 10.6. The van der Waals surface area contributed by atoms with Gasteiger partial charge in [0.15, 0.2) is 0 Å². The first-order chi connectivity index (χ1) is 19.3. The van der Waals surface area contributed by atoms with E-state index < -0.39 is 17.7 Å². The fourth-order valence-electron chi connectivity index (χ4n) is 5.29. The fourth-order valence-corrected chi connectivity index (χ4v) is 5.29. The molecule has 4 nitrogen and oxygen atoms in total. The highest BCUT2D eigenvalue weighted by Crippen LogP contribution is 2.41. The Morgan fingerprint density at radius 2 is 1.55 bits per heavy atom. The van der Waals surface area contributed by atoms with Gasteiger partial charge in [-0.2, -0.15) is 13.2 Å². The average molecular weight is 537 g/mol. The Kier molecular flexibility index (Phi) is 6.34. The molecule has 0 spiro atoms. The van der Waals surface area contributed by atoms with Gasteiger partial charge in [0.05, 0.1) is 16.6 Å². The van der Waals surface area contributed by atoms with Crippen molar-refractivity contribution in [1.82, 2.24) is 9.55 Å². The summed E-state index contributed by atoms with van der Waals surface area (Å²) in [6, 6.07) is 28.5.